The molecule has 1 saturated heterocycles. The summed E-state index contributed by atoms with van der Waals surface area (Å²) in [5, 5.41) is 3.37. The van der Waals surface area contributed by atoms with E-state index < -0.39 is 0 Å². The number of hydrogen-bond acceptors (Lipinski definition) is 2. The zero-order valence-electron chi connectivity index (χ0n) is 5.85. The Balaban J connectivity index is 2.27. The van der Waals surface area contributed by atoms with E-state index in [4.69, 9.17) is 0 Å². The predicted octanol–water partition coefficient (Wildman–Crippen LogP) is 2.19. The molecule has 2 rings (SSSR count). The van der Waals surface area contributed by atoms with Crippen LogP contribution in [0.1, 0.15) is 25.7 Å². The smallest absolute Gasteiger partial charge is 0.0245 e. The van der Waals surface area contributed by atoms with Crippen LogP contribution < -0.4 is 5.32 Å². The highest BCUT2D eigenvalue weighted by atomic mass is 32.1. The molecule has 1 fully saturated rings. The molecule has 1 N–H and O–H groups in total. The number of thiol groups is 1. The summed E-state index contributed by atoms with van der Waals surface area (Å²) in [6.45, 7) is 0. The van der Waals surface area contributed by atoms with Gasteiger partial charge in [0.1, 0.15) is 0 Å². The van der Waals surface area contributed by atoms with Gasteiger partial charge in [0.25, 0.3) is 0 Å². The summed E-state index contributed by atoms with van der Waals surface area (Å²) in [6, 6.07) is 0. The fourth-order valence-corrected chi connectivity index (χ4v) is 1.75. The number of allylic oxidation sites excluding steroid dienone is 4. The molecule has 0 aromatic heterocycles. The van der Waals surface area contributed by atoms with Crippen molar-refractivity contribution in [2.75, 3.05) is 0 Å². The third-order valence-corrected chi connectivity index (χ3v) is 2.53. The summed E-state index contributed by atoms with van der Waals surface area (Å²) in [6.07, 6.45) is 6.99. The van der Waals surface area contributed by atoms with E-state index in [2.05, 4.69) is 24.0 Å². The molecule has 0 aromatic rings. The predicted molar refractivity (Wildman–Crippen MR) is 45.7 cm³/mol. The van der Waals surface area contributed by atoms with Crippen LogP contribution in [0.3, 0.4) is 0 Å². The molecule has 0 aliphatic carbocycles. The second kappa shape index (κ2) is 2.35. The van der Waals surface area contributed by atoms with Crippen molar-refractivity contribution >= 4 is 12.6 Å². The van der Waals surface area contributed by atoms with Crippen molar-refractivity contribution in [3.05, 3.63) is 22.4 Å². The summed E-state index contributed by atoms with van der Waals surface area (Å²) < 4.78 is 0. The molecule has 0 atom stereocenters. The van der Waals surface area contributed by atoms with Crippen LogP contribution in [0.4, 0.5) is 0 Å². The summed E-state index contributed by atoms with van der Waals surface area (Å²) in [5.41, 5.74) is 2.76. The Hall–Kier alpha value is -0.370. The lowest BCUT2D eigenvalue weighted by Crippen LogP contribution is -2.21. The highest BCUT2D eigenvalue weighted by molar-refractivity contribution is 7.84. The number of nitrogens with one attached hydrogen (secondary N) is 1. The van der Waals surface area contributed by atoms with Crippen molar-refractivity contribution in [3.63, 3.8) is 0 Å². The first-order valence-electron chi connectivity index (χ1n) is 3.73. The van der Waals surface area contributed by atoms with Crippen LogP contribution in [0.25, 0.3) is 0 Å². The number of piperidine rings is 1. The van der Waals surface area contributed by atoms with Gasteiger partial charge in [-0.25, -0.2) is 0 Å². The molecule has 0 radical (unpaired) electrons. The highest BCUT2D eigenvalue weighted by Gasteiger charge is 2.15. The molecule has 0 aromatic carbocycles. The molecule has 2 heteroatoms. The normalized spacial score (nSPS) is 23.9. The molecule has 2 aliphatic rings. The van der Waals surface area contributed by atoms with Crippen LogP contribution >= 0.6 is 12.6 Å². The second-order valence-electron chi connectivity index (χ2n) is 2.84. The fraction of sp³-hybridized carbons (Fsp3) is 0.500. The lowest BCUT2D eigenvalue weighted by Gasteiger charge is -2.25. The van der Waals surface area contributed by atoms with E-state index in [1.54, 1.807) is 0 Å². The van der Waals surface area contributed by atoms with Crippen LogP contribution in [0.15, 0.2) is 22.4 Å². The summed E-state index contributed by atoms with van der Waals surface area (Å²) in [7, 11) is 0. The van der Waals surface area contributed by atoms with Gasteiger partial charge in [0.2, 0.25) is 0 Å². The fourth-order valence-electron chi connectivity index (χ4n) is 1.49. The highest BCUT2D eigenvalue weighted by Crippen LogP contribution is 2.28. The zero-order chi connectivity index (χ0) is 6.97. The molecule has 0 amide bonds. The standard InChI is InChI=1S/C8H11NS/c10-8-5-4-6-2-1-3-7(8)9-6/h4,9-10H,1-3,5H2. The molecular formula is C8H11NS. The van der Waals surface area contributed by atoms with Gasteiger partial charge in [-0.05, 0) is 25.7 Å². The van der Waals surface area contributed by atoms with E-state index in [0.29, 0.717) is 0 Å². The first-order chi connectivity index (χ1) is 4.86. The van der Waals surface area contributed by atoms with Crippen LogP contribution in [-0.2, 0) is 0 Å². The van der Waals surface area contributed by atoms with E-state index in [1.807, 2.05) is 0 Å². The topological polar surface area (TPSA) is 12.0 Å². The van der Waals surface area contributed by atoms with Crippen molar-refractivity contribution in [3.8, 4) is 0 Å². The molecule has 2 aliphatic heterocycles. The summed E-state index contributed by atoms with van der Waals surface area (Å²) in [5.74, 6) is 0. The Labute approximate surface area is 66.6 Å². The lowest BCUT2D eigenvalue weighted by molar-refractivity contribution is 0.644. The molecule has 54 valence electrons. The number of rotatable bonds is 0. The van der Waals surface area contributed by atoms with Gasteiger partial charge in [0.05, 0.1) is 0 Å². The maximum Gasteiger partial charge on any atom is 0.0245 e. The Morgan fingerprint density at radius 1 is 1.40 bits per heavy atom. The maximum absolute atomic E-state index is 4.38. The van der Waals surface area contributed by atoms with Crippen molar-refractivity contribution in [2.45, 2.75) is 25.7 Å². The van der Waals surface area contributed by atoms with E-state index in [-0.39, 0.29) is 0 Å². The van der Waals surface area contributed by atoms with Gasteiger partial charge in [0.15, 0.2) is 0 Å². The minimum absolute atomic E-state index is 1.04. The third kappa shape index (κ3) is 0.966. The first-order valence-corrected chi connectivity index (χ1v) is 4.18. The average Bonchev–Trinajstić information content (AvgIpc) is 1.99. The van der Waals surface area contributed by atoms with Crippen molar-refractivity contribution in [1.29, 1.82) is 0 Å². The molecule has 0 spiro atoms. The number of hydrogen-bond donors (Lipinski definition) is 2. The molecule has 1 nitrogen and oxygen atoms in total. The third-order valence-electron chi connectivity index (χ3n) is 2.07. The van der Waals surface area contributed by atoms with Crippen LogP contribution in [0.2, 0.25) is 0 Å². The second-order valence-corrected chi connectivity index (χ2v) is 3.38. The van der Waals surface area contributed by atoms with E-state index in [0.717, 1.165) is 6.42 Å². The Morgan fingerprint density at radius 2 is 2.30 bits per heavy atom. The molecule has 2 heterocycles. The zero-order valence-corrected chi connectivity index (χ0v) is 6.75. The monoisotopic (exact) mass is 153 g/mol. The molecule has 2 bridgehead atoms. The quantitative estimate of drug-likeness (QED) is 0.508. The Morgan fingerprint density at radius 3 is 3.10 bits per heavy atom. The summed E-state index contributed by atoms with van der Waals surface area (Å²) in [4.78, 5) is 1.23. The van der Waals surface area contributed by atoms with Crippen LogP contribution in [0, 0.1) is 0 Å². The van der Waals surface area contributed by atoms with Gasteiger partial charge in [-0.1, -0.05) is 6.08 Å². The molecule has 10 heavy (non-hydrogen) atoms. The molecular weight excluding hydrogens is 142 g/mol. The largest absolute Gasteiger partial charge is 0.362 e. The van der Waals surface area contributed by atoms with Crippen molar-refractivity contribution in [2.24, 2.45) is 0 Å². The average molecular weight is 153 g/mol. The maximum atomic E-state index is 4.38. The molecule has 0 unspecified atom stereocenters. The van der Waals surface area contributed by atoms with Crippen LogP contribution in [-0.4, -0.2) is 0 Å². The van der Waals surface area contributed by atoms with Gasteiger partial charge in [-0.2, -0.15) is 0 Å². The van der Waals surface area contributed by atoms with Gasteiger partial charge >= 0.3 is 0 Å². The van der Waals surface area contributed by atoms with Crippen LogP contribution in [0.5, 0.6) is 0 Å². The van der Waals surface area contributed by atoms with Gasteiger partial charge in [0, 0.05) is 16.3 Å². The van der Waals surface area contributed by atoms with Gasteiger partial charge in [-0.15, -0.1) is 12.6 Å². The van der Waals surface area contributed by atoms with Gasteiger partial charge < -0.3 is 5.32 Å². The summed E-state index contributed by atoms with van der Waals surface area (Å²) >= 11 is 4.38. The van der Waals surface area contributed by atoms with E-state index in [1.165, 1.54) is 35.6 Å². The minimum atomic E-state index is 1.04. The first kappa shape index (κ1) is 6.35. The van der Waals surface area contributed by atoms with Crippen molar-refractivity contribution in [1.82, 2.24) is 5.32 Å². The number of fused-ring (bicyclic) bond motifs is 2. The Bertz CT molecular complexity index is 215. The van der Waals surface area contributed by atoms with Gasteiger partial charge in [-0.3, -0.25) is 0 Å². The van der Waals surface area contributed by atoms with E-state index >= 15 is 0 Å². The SMILES string of the molecule is SC1=C2CCCC(=CC1)N2. The number of dihydropyridines is 1. The Kier molecular flexibility index (Phi) is 1.49. The minimum Gasteiger partial charge on any atom is -0.362 e. The van der Waals surface area contributed by atoms with Crippen molar-refractivity contribution < 1.29 is 0 Å². The van der Waals surface area contributed by atoms with E-state index in [9.17, 15) is 0 Å². The molecule has 0 saturated carbocycles. The lowest BCUT2D eigenvalue weighted by atomic mass is 10.0.